The van der Waals surface area contributed by atoms with Gasteiger partial charge in [0.15, 0.2) is 0 Å². The molecule has 0 spiro atoms. The fourth-order valence-electron chi connectivity index (χ4n) is 3.92. The van der Waals surface area contributed by atoms with Crippen molar-refractivity contribution in [3.8, 4) is 0 Å². The number of aromatic nitrogens is 2. The van der Waals surface area contributed by atoms with Crippen molar-refractivity contribution in [2.75, 3.05) is 7.05 Å². The van der Waals surface area contributed by atoms with E-state index in [1.807, 2.05) is 0 Å². The molecule has 0 amide bonds. The van der Waals surface area contributed by atoms with Crippen molar-refractivity contribution in [2.24, 2.45) is 0 Å². The molecule has 122 valence electrons. The van der Waals surface area contributed by atoms with Crippen LogP contribution in [0.3, 0.4) is 0 Å². The first-order valence-corrected chi connectivity index (χ1v) is 7.86. The summed E-state index contributed by atoms with van der Waals surface area (Å²) >= 11 is 0. The van der Waals surface area contributed by atoms with Crippen LogP contribution in [0.4, 0.5) is 9.18 Å². The minimum atomic E-state index is -0.693. The van der Waals surface area contributed by atoms with Gasteiger partial charge >= 0.3 is 11.8 Å². The van der Waals surface area contributed by atoms with E-state index in [-0.39, 0.29) is 11.6 Å². The van der Waals surface area contributed by atoms with Gasteiger partial charge in [-0.15, -0.1) is 0 Å². The lowest BCUT2D eigenvalue weighted by molar-refractivity contribution is 0.0290. The highest BCUT2D eigenvalue weighted by molar-refractivity contribution is 5.86. The van der Waals surface area contributed by atoms with Crippen molar-refractivity contribution >= 4 is 17.1 Å². The van der Waals surface area contributed by atoms with Crippen LogP contribution in [0.5, 0.6) is 0 Å². The number of hydrogen-bond acceptors (Lipinski definition) is 4. The van der Waals surface area contributed by atoms with Gasteiger partial charge in [0.1, 0.15) is 11.9 Å². The first kappa shape index (κ1) is 14.4. The average Bonchev–Trinajstić information content (AvgIpc) is 2.90. The van der Waals surface area contributed by atoms with Gasteiger partial charge in [-0.05, 0) is 38.1 Å². The lowest BCUT2D eigenvalue weighted by atomic mass is 10.0. The topological polar surface area (TPSA) is 67.3 Å². The zero-order valence-electron chi connectivity index (χ0n) is 12.8. The van der Waals surface area contributed by atoms with Crippen LogP contribution < -0.4 is 5.69 Å². The van der Waals surface area contributed by atoms with Crippen molar-refractivity contribution in [3.63, 3.8) is 0 Å². The number of imidazole rings is 1. The number of nitrogens with zero attached hydrogens (tertiary/aromatic N) is 2. The van der Waals surface area contributed by atoms with Crippen molar-refractivity contribution < 1.29 is 13.9 Å². The molecule has 1 unspecified atom stereocenters. The van der Waals surface area contributed by atoms with Crippen molar-refractivity contribution in [2.45, 2.75) is 43.9 Å². The van der Waals surface area contributed by atoms with Crippen LogP contribution >= 0.6 is 0 Å². The zero-order valence-corrected chi connectivity index (χ0v) is 12.8. The Kier molecular flexibility index (Phi) is 3.26. The number of aromatic amines is 1. The minimum absolute atomic E-state index is 0.173. The van der Waals surface area contributed by atoms with Gasteiger partial charge in [-0.1, -0.05) is 0 Å². The Labute approximate surface area is 131 Å². The molecule has 2 fully saturated rings. The largest absolute Gasteiger partial charge is 0.445 e. The molecule has 6 nitrogen and oxygen atoms in total. The molecule has 1 N–H and O–H groups in total. The van der Waals surface area contributed by atoms with E-state index in [0.29, 0.717) is 17.6 Å². The highest BCUT2D eigenvalue weighted by atomic mass is 19.1. The number of carbonyl (C=O) groups excluding carboxylic acids is 1. The monoisotopic (exact) mass is 319 g/mol. The van der Waals surface area contributed by atoms with Crippen LogP contribution in [0.15, 0.2) is 23.0 Å². The molecule has 7 heteroatoms. The number of halogens is 1. The standard InChI is InChI=1S/C16H18FN3O3/c1-19-10-3-4-11(19)8-12(7-10)23-16(22)20-14-5-2-9(17)6-13(14)18-15(20)21/h2,5-6,10-12H,3-4,7-8H2,1H3,(H,18,21)/t10-,11+,12?. The summed E-state index contributed by atoms with van der Waals surface area (Å²) < 4.78 is 19.7. The van der Waals surface area contributed by atoms with E-state index >= 15 is 0 Å². The van der Waals surface area contributed by atoms with Gasteiger partial charge in [0.2, 0.25) is 0 Å². The Bertz CT molecular complexity index is 814. The van der Waals surface area contributed by atoms with E-state index in [0.717, 1.165) is 30.3 Å². The number of piperidine rings is 1. The number of benzene rings is 1. The quantitative estimate of drug-likeness (QED) is 0.874. The molecule has 0 aliphatic carbocycles. The van der Waals surface area contributed by atoms with E-state index in [4.69, 9.17) is 4.74 Å². The summed E-state index contributed by atoms with van der Waals surface area (Å²) in [5, 5.41) is 0. The molecule has 2 bridgehead atoms. The Hall–Kier alpha value is -2.15. The lowest BCUT2D eigenvalue weighted by Crippen LogP contribution is -2.44. The van der Waals surface area contributed by atoms with E-state index in [1.165, 1.54) is 18.2 Å². The van der Waals surface area contributed by atoms with Gasteiger partial charge in [0, 0.05) is 24.9 Å². The molecule has 2 aliphatic rings. The summed E-state index contributed by atoms with van der Waals surface area (Å²) in [7, 11) is 2.11. The molecule has 2 aliphatic heterocycles. The number of rotatable bonds is 1. The highest BCUT2D eigenvalue weighted by Gasteiger charge is 2.40. The summed E-state index contributed by atoms with van der Waals surface area (Å²) in [6.07, 6.45) is 2.98. The van der Waals surface area contributed by atoms with Gasteiger partial charge < -0.3 is 14.6 Å². The van der Waals surface area contributed by atoms with Crippen LogP contribution in [0.25, 0.3) is 11.0 Å². The third-order valence-electron chi connectivity index (χ3n) is 5.15. The molecule has 3 heterocycles. The maximum atomic E-state index is 13.2. The van der Waals surface area contributed by atoms with Crippen molar-refractivity contribution in [1.29, 1.82) is 0 Å². The van der Waals surface area contributed by atoms with Gasteiger partial charge in [0.25, 0.3) is 0 Å². The Balaban J connectivity index is 1.58. The van der Waals surface area contributed by atoms with E-state index in [2.05, 4.69) is 16.9 Å². The number of hydrogen-bond donors (Lipinski definition) is 1. The third kappa shape index (κ3) is 2.35. The smallest absolute Gasteiger partial charge is 0.423 e. The molecule has 2 aromatic rings. The fourth-order valence-corrected chi connectivity index (χ4v) is 3.92. The summed E-state index contributed by atoms with van der Waals surface area (Å²) in [5.74, 6) is -0.467. The minimum Gasteiger partial charge on any atom is -0.445 e. The van der Waals surface area contributed by atoms with Crippen LogP contribution in [0.1, 0.15) is 25.7 Å². The molecule has 1 aromatic heterocycles. The average molecular weight is 319 g/mol. The number of nitrogens with one attached hydrogen (secondary N) is 1. The Morgan fingerprint density at radius 2 is 2.00 bits per heavy atom. The van der Waals surface area contributed by atoms with Gasteiger partial charge in [-0.2, -0.15) is 4.57 Å². The second kappa shape index (κ2) is 5.19. The summed E-state index contributed by atoms with van der Waals surface area (Å²) in [4.78, 5) is 29.3. The molecule has 2 saturated heterocycles. The van der Waals surface area contributed by atoms with E-state index in [9.17, 15) is 14.0 Å². The number of carbonyl (C=O) groups is 1. The van der Waals surface area contributed by atoms with Gasteiger partial charge in [-0.3, -0.25) is 0 Å². The summed E-state index contributed by atoms with van der Waals surface area (Å²) in [6.45, 7) is 0. The second-order valence-electron chi connectivity index (χ2n) is 6.45. The molecule has 4 rings (SSSR count). The van der Waals surface area contributed by atoms with Gasteiger partial charge in [0.05, 0.1) is 11.0 Å². The lowest BCUT2D eigenvalue weighted by Gasteiger charge is -2.35. The molecule has 0 radical (unpaired) electrons. The molecular formula is C16H18FN3O3. The third-order valence-corrected chi connectivity index (χ3v) is 5.15. The molecule has 23 heavy (non-hydrogen) atoms. The number of H-pyrrole nitrogens is 1. The van der Waals surface area contributed by atoms with Crippen LogP contribution in [-0.2, 0) is 4.74 Å². The first-order valence-electron chi connectivity index (χ1n) is 7.86. The van der Waals surface area contributed by atoms with Crippen LogP contribution in [0, 0.1) is 5.82 Å². The molecule has 3 atom stereocenters. The van der Waals surface area contributed by atoms with Crippen LogP contribution in [0.2, 0.25) is 0 Å². The van der Waals surface area contributed by atoms with Crippen LogP contribution in [-0.4, -0.2) is 45.8 Å². The normalized spacial score (nSPS) is 27.5. The van der Waals surface area contributed by atoms with Gasteiger partial charge in [-0.25, -0.2) is 14.0 Å². The predicted octanol–water partition coefficient (Wildman–Crippen LogP) is 2.08. The Morgan fingerprint density at radius 1 is 1.30 bits per heavy atom. The fraction of sp³-hybridized carbons (Fsp3) is 0.500. The SMILES string of the molecule is CN1[C@@H]2CC[C@H]1CC(OC(=O)n1c(=O)[nH]c3cc(F)ccc31)C2. The van der Waals surface area contributed by atoms with Crippen molar-refractivity contribution in [1.82, 2.24) is 14.5 Å². The predicted molar refractivity (Wildman–Crippen MR) is 82.0 cm³/mol. The van der Waals surface area contributed by atoms with E-state index < -0.39 is 17.6 Å². The maximum Gasteiger partial charge on any atom is 0.423 e. The maximum absolute atomic E-state index is 13.2. The summed E-state index contributed by atoms with van der Waals surface area (Å²) in [5.41, 5.74) is 0.0131. The second-order valence-corrected chi connectivity index (χ2v) is 6.45. The number of fused-ring (bicyclic) bond motifs is 3. The number of ether oxygens (including phenoxy) is 1. The highest BCUT2D eigenvalue weighted by Crippen LogP contribution is 2.35. The van der Waals surface area contributed by atoms with Crippen molar-refractivity contribution in [3.05, 3.63) is 34.5 Å². The Morgan fingerprint density at radius 3 is 2.70 bits per heavy atom. The molecule has 0 saturated carbocycles. The first-order chi connectivity index (χ1) is 11.0. The molecular weight excluding hydrogens is 301 g/mol. The summed E-state index contributed by atoms with van der Waals surface area (Å²) in [6, 6.07) is 4.70. The molecule has 1 aromatic carbocycles. The zero-order chi connectivity index (χ0) is 16.1. The van der Waals surface area contributed by atoms with E-state index in [1.54, 1.807) is 0 Å².